The predicted molar refractivity (Wildman–Crippen MR) is 45.4 cm³/mol. The van der Waals surface area contributed by atoms with Crippen molar-refractivity contribution in [3.63, 3.8) is 0 Å². The first kappa shape index (κ1) is 9.24. The average molecular weight is 140 g/mol. The van der Waals surface area contributed by atoms with Crippen LogP contribution in [0.5, 0.6) is 0 Å². The predicted octanol–water partition coefficient (Wildman–Crippen LogP) is 1.53. The van der Waals surface area contributed by atoms with Crippen molar-refractivity contribution in [2.45, 2.75) is 13.8 Å². The van der Waals surface area contributed by atoms with Gasteiger partial charge >= 0.3 is 0 Å². The summed E-state index contributed by atoms with van der Waals surface area (Å²) in [5, 5.41) is 1.96. The molecule has 0 aliphatic rings. The number of hydrogen-bond acceptors (Lipinski definition) is 2. The number of nitrogens with zero attached hydrogens (tertiary/aromatic N) is 1. The van der Waals surface area contributed by atoms with Crippen LogP contribution in [0.1, 0.15) is 13.8 Å². The average Bonchev–Trinajstić information content (AvgIpc) is 2.00. The molecule has 0 fully saturated rings. The molecule has 0 heterocycles. The molecule has 0 atom stereocenters. The minimum atomic E-state index is 1.19. The summed E-state index contributed by atoms with van der Waals surface area (Å²) in [5.74, 6) is 0. The minimum Gasteiger partial charge on any atom is -0.316 e. The van der Waals surface area contributed by atoms with Crippen molar-refractivity contribution < 1.29 is 0 Å². The molecule has 0 saturated heterocycles. The highest BCUT2D eigenvalue weighted by Gasteiger charge is 1.96. The Morgan fingerprint density at radius 1 is 1.50 bits per heavy atom. The maximum atomic E-state index is 3.69. The molecule has 0 spiro atoms. The quantitative estimate of drug-likeness (QED) is 0.472. The fourth-order valence-electron chi connectivity index (χ4n) is 0.580. The van der Waals surface area contributed by atoms with Crippen LogP contribution in [0.25, 0.3) is 0 Å². The Balaban J connectivity index is 4.29. The van der Waals surface area contributed by atoms with Gasteiger partial charge in [0.15, 0.2) is 0 Å². The van der Waals surface area contributed by atoms with Crippen LogP contribution in [0.15, 0.2) is 23.9 Å². The van der Waals surface area contributed by atoms with Crippen LogP contribution in [0, 0.1) is 0 Å². The molecule has 0 aromatic carbocycles. The zero-order valence-corrected chi connectivity index (χ0v) is 7.23. The molecule has 0 aliphatic carbocycles. The van der Waals surface area contributed by atoms with Gasteiger partial charge in [-0.15, -0.1) is 0 Å². The van der Waals surface area contributed by atoms with E-state index in [4.69, 9.17) is 0 Å². The zero-order valence-electron chi connectivity index (χ0n) is 7.23. The van der Waals surface area contributed by atoms with Crippen LogP contribution in [-0.2, 0) is 0 Å². The fourth-order valence-corrected chi connectivity index (χ4v) is 0.580. The third-order valence-corrected chi connectivity index (χ3v) is 1.72. The third kappa shape index (κ3) is 2.23. The largest absolute Gasteiger partial charge is 0.316 e. The second-order valence-electron chi connectivity index (χ2n) is 2.26. The summed E-state index contributed by atoms with van der Waals surface area (Å²) >= 11 is 0. The van der Waals surface area contributed by atoms with Crippen molar-refractivity contribution in [2.24, 2.45) is 0 Å². The van der Waals surface area contributed by atoms with Gasteiger partial charge in [0.2, 0.25) is 0 Å². The number of nitrogens with one attached hydrogen (secondary N) is 1. The standard InChI is InChI=1S/C8H16N2/c1-6-7(2)8(3)10(5)9-4/h6,9H,1H2,2-5H3/b8-7-. The monoisotopic (exact) mass is 140 g/mol. The lowest BCUT2D eigenvalue weighted by atomic mass is 10.2. The molecule has 0 aromatic heterocycles. The van der Waals surface area contributed by atoms with E-state index in [0.29, 0.717) is 0 Å². The Labute approximate surface area is 63.2 Å². The smallest absolute Gasteiger partial charge is 0.0288 e. The molecule has 0 aromatic rings. The zero-order chi connectivity index (χ0) is 8.15. The van der Waals surface area contributed by atoms with Gasteiger partial charge in [0.05, 0.1) is 0 Å². The number of hydrazine groups is 1. The van der Waals surface area contributed by atoms with E-state index in [9.17, 15) is 0 Å². The van der Waals surface area contributed by atoms with Crippen LogP contribution in [0.3, 0.4) is 0 Å². The van der Waals surface area contributed by atoms with Gasteiger partial charge in [0.1, 0.15) is 0 Å². The lowest BCUT2D eigenvalue weighted by Gasteiger charge is -2.19. The Hall–Kier alpha value is -0.760. The van der Waals surface area contributed by atoms with Crippen molar-refractivity contribution in [3.8, 4) is 0 Å². The Morgan fingerprint density at radius 3 is 2.30 bits per heavy atom. The Bertz CT molecular complexity index is 147. The lowest BCUT2D eigenvalue weighted by Crippen LogP contribution is -2.29. The van der Waals surface area contributed by atoms with Crippen LogP contribution < -0.4 is 5.43 Å². The summed E-state index contributed by atoms with van der Waals surface area (Å²) in [5.41, 5.74) is 5.39. The van der Waals surface area contributed by atoms with Gasteiger partial charge in [-0.05, 0) is 19.4 Å². The number of rotatable bonds is 3. The van der Waals surface area contributed by atoms with Gasteiger partial charge in [0, 0.05) is 19.8 Å². The molecule has 1 N–H and O–H groups in total. The van der Waals surface area contributed by atoms with Gasteiger partial charge in [0.25, 0.3) is 0 Å². The van der Waals surface area contributed by atoms with Crippen LogP contribution in [0.4, 0.5) is 0 Å². The molecule has 0 bridgehead atoms. The Kier molecular flexibility index (Phi) is 3.81. The first-order valence-corrected chi connectivity index (χ1v) is 3.34. The highest BCUT2D eigenvalue weighted by Crippen LogP contribution is 2.04. The van der Waals surface area contributed by atoms with Crippen molar-refractivity contribution in [1.82, 2.24) is 10.4 Å². The van der Waals surface area contributed by atoms with Crippen molar-refractivity contribution in [2.75, 3.05) is 14.1 Å². The molecule has 0 unspecified atom stereocenters. The maximum absolute atomic E-state index is 3.69. The summed E-state index contributed by atoms with van der Waals surface area (Å²) in [6.07, 6.45) is 1.85. The van der Waals surface area contributed by atoms with Crippen LogP contribution in [-0.4, -0.2) is 19.1 Å². The lowest BCUT2D eigenvalue weighted by molar-refractivity contribution is 0.331. The topological polar surface area (TPSA) is 15.3 Å². The maximum Gasteiger partial charge on any atom is 0.0288 e. The number of hydrogen-bond donors (Lipinski definition) is 1. The van der Waals surface area contributed by atoms with E-state index in [1.165, 1.54) is 11.3 Å². The van der Waals surface area contributed by atoms with Gasteiger partial charge in [-0.2, -0.15) is 0 Å². The van der Waals surface area contributed by atoms with E-state index >= 15 is 0 Å². The molecule has 0 aliphatic heterocycles. The molecule has 2 heteroatoms. The molecule has 10 heavy (non-hydrogen) atoms. The fraction of sp³-hybridized carbons (Fsp3) is 0.500. The second-order valence-corrected chi connectivity index (χ2v) is 2.26. The van der Waals surface area contributed by atoms with Gasteiger partial charge < -0.3 is 5.01 Å². The molecule has 58 valence electrons. The van der Waals surface area contributed by atoms with Crippen molar-refractivity contribution in [3.05, 3.63) is 23.9 Å². The molecular formula is C8H16N2. The minimum absolute atomic E-state index is 1.19. The molecule has 0 radical (unpaired) electrons. The van der Waals surface area contributed by atoms with Gasteiger partial charge in [-0.25, -0.2) is 5.43 Å². The van der Waals surface area contributed by atoms with E-state index in [0.717, 1.165) is 0 Å². The normalized spacial score (nSPS) is 12.4. The van der Waals surface area contributed by atoms with E-state index in [1.54, 1.807) is 0 Å². The SMILES string of the molecule is C=C/C(C)=C(/C)N(C)NC. The molecule has 0 amide bonds. The molecule has 2 nitrogen and oxygen atoms in total. The van der Waals surface area contributed by atoms with Gasteiger partial charge in [-0.1, -0.05) is 12.7 Å². The second kappa shape index (κ2) is 4.12. The summed E-state index contributed by atoms with van der Waals surface area (Å²) in [6.45, 7) is 7.77. The summed E-state index contributed by atoms with van der Waals surface area (Å²) < 4.78 is 0. The summed E-state index contributed by atoms with van der Waals surface area (Å²) in [7, 11) is 3.86. The highest BCUT2D eigenvalue weighted by molar-refractivity contribution is 5.18. The number of allylic oxidation sites excluding steroid dienone is 3. The third-order valence-electron chi connectivity index (χ3n) is 1.72. The van der Waals surface area contributed by atoms with E-state index < -0.39 is 0 Å². The molecule has 0 saturated carbocycles. The van der Waals surface area contributed by atoms with Crippen LogP contribution >= 0.6 is 0 Å². The Morgan fingerprint density at radius 2 is 2.00 bits per heavy atom. The molecule has 0 rings (SSSR count). The summed E-state index contributed by atoms with van der Waals surface area (Å²) in [6, 6.07) is 0. The highest BCUT2D eigenvalue weighted by atomic mass is 15.5. The van der Waals surface area contributed by atoms with Crippen LogP contribution in [0.2, 0.25) is 0 Å². The van der Waals surface area contributed by atoms with E-state index in [-0.39, 0.29) is 0 Å². The van der Waals surface area contributed by atoms with E-state index in [2.05, 4.69) is 12.0 Å². The molecular weight excluding hydrogens is 124 g/mol. The first-order valence-electron chi connectivity index (χ1n) is 3.34. The van der Waals surface area contributed by atoms with E-state index in [1.807, 2.05) is 39.0 Å². The van der Waals surface area contributed by atoms with Crippen molar-refractivity contribution in [1.29, 1.82) is 0 Å². The first-order chi connectivity index (χ1) is 4.63. The van der Waals surface area contributed by atoms with Gasteiger partial charge in [-0.3, -0.25) is 0 Å². The van der Waals surface area contributed by atoms with Crippen molar-refractivity contribution >= 4 is 0 Å². The summed E-state index contributed by atoms with van der Waals surface area (Å²) in [4.78, 5) is 0.